The maximum Gasteiger partial charge on any atom is 0.235 e. The molecule has 2 aromatic carbocycles. The maximum absolute atomic E-state index is 12.6. The minimum Gasteiger partial charge on any atom is -0.325 e. The molecular weight excluding hydrogens is 294 g/mol. The Morgan fingerprint density at radius 3 is 2.50 bits per heavy atom. The Morgan fingerprint density at radius 2 is 1.73 bits per heavy atom. The van der Waals surface area contributed by atoms with Crippen molar-refractivity contribution in [2.75, 3.05) is 5.32 Å². The second-order valence-electron chi connectivity index (χ2n) is 6.37. The van der Waals surface area contributed by atoms with Crippen LogP contribution in [0.4, 0.5) is 5.69 Å². The lowest BCUT2D eigenvalue weighted by atomic mass is 9.70. The molecule has 0 saturated heterocycles. The zero-order chi connectivity index (χ0) is 15.2. The van der Waals surface area contributed by atoms with Gasteiger partial charge in [-0.25, -0.2) is 0 Å². The quantitative estimate of drug-likeness (QED) is 0.774. The molecule has 1 spiro atoms. The van der Waals surface area contributed by atoms with Crippen LogP contribution in [0.15, 0.2) is 42.5 Å². The first-order valence-electron chi connectivity index (χ1n) is 7.91. The van der Waals surface area contributed by atoms with Crippen molar-refractivity contribution in [3.05, 3.63) is 53.1 Å². The maximum atomic E-state index is 12.6. The van der Waals surface area contributed by atoms with Gasteiger partial charge in [0.2, 0.25) is 5.91 Å². The molecular formula is C19H18ClNO. The molecule has 2 aliphatic rings. The van der Waals surface area contributed by atoms with Gasteiger partial charge in [0.1, 0.15) is 0 Å². The van der Waals surface area contributed by atoms with Gasteiger partial charge in [-0.3, -0.25) is 4.79 Å². The number of carbonyl (C=O) groups is 1. The number of nitrogens with one attached hydrogen (secondary N) is 1. The molecule has 1 aliphatic carbocycles. The molecule has 0 radical (unpaired) electrons. The molecule has 1 fully saturated rings. The number of fused-ring (bicyclic) bond motifs is 2. The number of hydrogen-bond acceptors (Lipinski definition) is 1. The Balaban J connectivity index is 1.83. The number of halogens is 1. The van der Waals surface area contributed by atoms with E-state index in [1.165, 1.54) is 12.0 Å². The normalized spacial score (nSPS) is 19.0. The summed E-state index contributed by atoms with van der Waals surface area (Å²) >= 11 is 6.11. The topological polar surface area (TPSA) is 29.1 Å². The zero-order valence-electron chi connectivity index (χ0n) is 12.4. The van der Waals surface area contributed by atoms with E-state index in [1.807, 2.05) is 24.3 Å². The van der Waals surface area contributed by atoms with Crippen molar-refractivity contribution in [2.24, 2.45) is 0 Å². The van der Waals surface area contributed by atoms with E-state index in [2.05, 4.69) is 23.5 Å². The number of benzene rings is 2. The lowest BCUT2D eigenvalue weighted by Gasteiger charge is -2.31. The fraction of sp³-hybridized carbons (Fsp3) is 0.316. The fourth-order valence-electron chi connectivity index (χ4n) is 3.91. The summed E-state index contributed by atoms with van der Waals surface area (Å²) in [6.07, 6.45) is 5.43. The second kappa shape index (κ2) is 5.13. The van der Waals surface area contributed by atoms with Crippen LogP contribution in [0.1, 0.15) is 37.7 Å². The molecule has 112 valence electrons. The fourth-order valence-corrected chi connectivity index (χ4v) is 4.10. The van der Waals surface area contributed by atoms with E-state index in [-0.39, 0.29) is 11.3 Å². The monoisotopic (exact) mass is 311 g/mol. The Bertz CT molecular complexity index is 747. The van der Waals surface area contributed by atoms with Crippen LogP contribution in [0.5, 0.6) is 0 Å². The predicted octanol–water partition coefficient (Wildman–Crippen LogP) is 5.16. The zero-order valence-corrected chi connectivity index (χ0v) is 13.1. The summed E-state index contributed by atoms with van der Waals surface area (Å²) in [6, 6.07) is 14.2. The molecule has 4 rings (SSSR count). The van der Waals surface area contributed by atoms with Crippen LogP contribution in [-0.2, 0) is 10.2 Å². The van der Waals surface area contributed by atoms with Crippen molar-refractivity contribution in [2.45, 2.75) is 37.5 Å². The van der Waals surface area contributed by atoms with Crippen molar-refractivity contribution in [3.63, 3.8) is 0 Å². The molecule has 0 atom stereocenters. The smallest absolute Gasteiger partial charge is 0.235 e. The highest BCUT2D eigenvalue weighted by Crippen LogP contribution is 2.48. The molecule has 1 amide bonds. The van der Waals surface area contributed by atoms with Gasteiger partial charge in [-0.15, -0.1) is 0 Å². The van der Waals surface area contributed by atoms with Gasteiger partial charge in [-0.2, -0.15) is 0 Å². The number of anilines is 1. The minimum atomic E-state index is -0.303. The van der Waals surface area contributed by atoms with Crippen molar-refractivity contribution >= 4 is 23.2 Å². The van der Waals surface area contributed by atoms with Gasteiger partial charge in [0.25, 0.3) is 0 Å². The summed E-state index contributed by atoms with van der Waals surface area (Å²) in [7, 11) is 0. The molecule has 3 heteroatoms. The molecule has 2 nitrogen and oxygen atoms in total. The Morgan fingerprint density at radius 1 is 0.955 bits per heavy atom. The molecule has 0 unspecified atom stereocenters. The van der Waals surface area contributed by atoms with E-state index >= 15 is 0 Å². The number of amides is 1. The lowest BCUT2D eigenvalue weighted by Crippen LogP contribution is -2.36. The molecule has 0 bridgehead atoms. The molecule has 22 heavy (non-hydrogen) atoms. The van der Waals surface area contributed by atoms with Crippen molar-refractivity contribution in [1.29, 1.82) is 0 Å². The third kappa shape index (κ3) is 2.05. The molecule has 0 aromatic heterocycles. The molecule has 1 saturated carbocycles. The Hall–Kier alpha value is -1.80. The SMILES string of the molecule is O=C1Nc2ccc(-c3cccc(Cl)c3)cc2C12CCCCC2. The van der Waals surface area contributed by atoms with Gasteiger partial charge in [-0.05, 0) is 53.8 Å². The van der Waals surface area contributed by atoms with Gasteiger partial charge in [0, 0.05) is 10.7 Å². The first-order chi connectivity index (χ1) is 10.7. The Kier molecular flexibility index (Phi) is 3.23. The Labute approximate surface area is 135 Å². The first-order valence-corrected chi connectivity index (χ1v) is 8.29. The number of hydrogen-bond donors (Lipinski definition) is 1. The van der Waals surface area contributed by atoms with Crippen LogP contribution in [0, 0.1) is 0 Å². The molecule has 1 heterocycles. The van der Waals surface area contributed by atoms with E-state index in [4.69, 9.17) is 11.6 Å². The van der Waals surface area contributed by atoms with E-state index in [1.54, 1.807) is 0 Å². The highest BCUT2D eigenvalue weighted by atomic mass is 35.5. The highest BCUT2D eigenvalue weighted by Gasteiger charge is 2.47. The highest BCUT2D eigenvalue weighted by molar-refractivity contribution is 6.30. The largest absolute Gasteiger partial charge is 0.325 e. The van der Waals surface area contributed by atoms with Crippen molar-refractivity contribution < 1.29 is 4.79 Å². The predicted molar refractivity (Wildman–Crippen MR) is 90.3 cm³/mol. The average molecular weight is 312 g/mol. The minimum absolute atomic E-state index is 0.186. The van der Waals surface area contributed by atoms with E-state index in [9.17, 15) is 4.79 Å². The van der Waals surface area contributed by atoms with E-state index in [0.29, 0.717) is 0 Å². The van der Waals surface area contributed by atoms with Gasteiger partial charge in [0.15, 0.2) is 0 Å². The third-order valence-electron chi connectivity index (χ3n) is 5.08. The van der Waals surface area contributed by atoms with Gasteiger partial charge in [0.05, 0.1) is 5.41 Å². The molecule has 1 N–H and O–H groups in total. The standard InChI is InChI=1S/C19H18ClNO/c20-15-6-4-5-13(11-15)14-7-8-17-16(12-14)19(18(22)21-17)9-2-1-3-10-19/h4-8,11-12H,1-3,9-10H2,(H,21,22). The van der Waals surface area contributed by atoms with Crippen molar-refractivity contribution in [3.8, 4) is 11.1 Å². The van der Waals surface area contributed by atoms with Crippen LogP contribution in [-0.4, -0.2) is 5.91 Å². The van der Waals surface area contributed by atoms with Gasteiger partial charge >= 0.3 is 0 Å². The van der Waals surface area contributed by atoms with Crippen LogP contribution in [0.3, 0.4) is 0 Å². The van der Waals surface area contributed by atoms with Gasteiger partial charge < -0.3 is 5.32 Å². The van der Waals surface area contributed by atoms with Crippen LogP contribution in [0.25, 0.3) is 11.1 Å². The number of carbonyl (C=O) groups excluding carboxylic acids is 1. The summed E-state index contributed by atoms with van der Waals surface area (Å²) in [6.45, 7) is 0. The van der Waals surface area contributed by atoms with Crippen molar-refractivity contribution in [1.82, 2.24) is 0 Å². The van der Waals surface area contributed by atoms with E-state index in [0.717, 1.165) is 47.5 Å². The van der Waals surface area contributed by atoms with Crippen LogP contribution >= 0.6 is 11.6 Å². The van der Waals surface area contributed by atoms with E-state index < -0.39 is 0 Å². The van der Waals surface area contributed by atoms with Crippen LogP contribution < -0.4 is 5.32 Å². The summed E-state index contributed by atoms with van der Waals surface area (Å²) in [5.74, 6) is 0.186. The first kappa shape index (κ1) is 13.8. The third-order valence-corrected chi connectivity index (χ3v) is 5.32. The summed E-state index contributed by atoms with van der Waals surface area (Å²) < 4.78 is 0. The lowest BCUT2D eigenvalue weighted by molar-refractivity contribution is -0.121. The average Bonchev–Trinajstić information content (AvgIpc) is 2.80. The summed E-state index contributed by atoms with van der Waals surface area (Å²) in [4.78, 5) is 12.6. The summed E-state index contributed by atoms with van der Waals surface area (Å²) in [5.41, 5.74) is 4.08. The summed E-state index contributed by atoms with van der Waals surface area (Å²) in [5, 5.41) is 3.82. The molecule has 2 aromatic rings. The van der Waals surface area contributed by atoms with Gasteiger partial charge in [-0.1, -0.05) is 49.1 Å². The number of rotatable bonds is 1. The van der Waals surface area contributed by atoms with Crippen LogP contribution in [0.2, 0.25) is 5.02 Å². The second-order valence-corrected chi connectivity index (χ2v) is 6.80. The molecule has 1 aliphatic heterocycles.